The van der Waals surface area contributed by atoms with Gasteiger partial charge in [-0.25, -0.2) is 0 Å². The van der Waals surface area contributed by atoms with Crippen molar-refractivity contribution < 1.29 is 14.7 Å². The molecular weight excluding hydrogens is 334 g/mol. The summed E-state index contributed by atoms with van der Waals surface area (Å²) in [6, 6.07) is 12.0. The zero-order chi connectivity index (χ0) is 16.8. The lowest BCUT2D eigenvalue weighted by Gasteiger charge is -2.11. The topological polar surface area (TPSA) is 69.2 Å². The van der Waals surface area contributed by atoms with E-state index in [-0.39, 0.29) is 17.2 Å². The molecule has 2 aromatic rings. The van der Waals surface area contributed by atoms with E-state index in [1.54, 1.807) is 19.1 Å². The molecule has 0 aliphatic rings. The summed E-state index contributed by atoms with van der Waals surface area (Å²) in [6.45, 7) is 1.80. The van der Waals surface area contributed by atoms with Crippen molar-refractivity contribution in [3.05, 3.63) is 64.2 Å². The van der Waals surface area contributed by atoms with Crippen LogP contribution in [0.4, 0.5) is 5.69 Å². The number of hydrogen-bond donors (Lipinski definition) is 1. The maximum absolute atomic E-state index is 12.0. The molecule has 2 rings (SSSR count). The monoisotopic (exact) mass is 348 g/mol. The van der Waals surface area contributed by atoms with Gasteiger partial charge in [-0.15, -0.1) is 11.8 Å². The average molecular weight is 349 g/mol. The molecule has 0 heterocycles. The fraction of sp³-hybridized carbons (Fsp3) is 0.176. The second-order valence-corrected chi connectivity index (χ2v) is 6.41. The van der Waals surface area contributed by atoms with E-state index in [2.05, 4.69) is 5.32 Å². The van der Waals surface area contributed by atoms with E-state index in [9.17, 15) is 14.7 Å². The summed E-state index contributed by atoms with van der Waals surface area (Å²) in [6.07, 6.45) is 0. The zero-order valence-corrected chi connectivity index (χ0v) is 14.0. The molecule has 0 unspecified atom stereocenters. The molecule has 0 atom stereocenters. The molecule has 0 spiro atoms. The van der Waals surface area contributed by atoms with Crippen molar-refractivity contribution in [1.29, 1.82) is 0 Å². The van der Waals surface area contributed by atoms with Gasteiger partial charge in [0, 0.05) is 16.5 Å². The molecule has 0 bridgehead atoms. The number of thioether (sulfide) groups is 1. The van der Waals surface area contributed by atoms with Gasteiger partial charge < -0.3 is 15.2 Å². The van der Waals surface area contributed by atoms with Crippen LogP contribution in [0.5, 0.6) is 0 Å². The van der Waals surface area contributed by atoms with Gasteiger partial charge in [-0.1, -0.05) is 35.9 Å². The SMILES string of the molecule is Cc1ccc(C(=O)[O-])cc1NC(=O)CSCc1cccc(Cl)c1. The number of hydrogen-bond acceptors (Lipinski definition) is 4. The normalized spacial score (nSPS) is 10.3. The predicted molar refractivity (Wildman–Crippen MR) is 91.8 cm³/mol. The highest BCUT2D eigenvalue weighted by Gasteiger charge is 2.07. The molecule has 0 radical (unpaired) electrons. The summed E-state index contributed by atoms with van der Waals surface area (Å²) in [5, 5.41) is 14.3. The quantitative estimate of drug-likeness (QED) is 0.871. The Morgan fingerprint density at radius 3 is 2.70 bits per heavy atom. The number of aromatic carboxylic acids is 1. The van der Waals surface area contributed by atoms with E-state index in [0.29, 0.717) is 16.5 Å². The Morgan fingerprint density at radius 2 is 2.00 bits per heavy atom. The highest BCUT2D eigenvalue weighted by atomic mass is 35.5. The van der Waals surface area contributed by atoms with E-state index in [1.807, 2.05) is 18.2 Å². The molecule has 1 N–H and O–H groups in total. The fourth-order valence-corrected chi connectivity index (χ4v) is 2.95. The largest absolute Gasteiger partial charge is 0.545 e. The van der Waals surface area contributed by atoms with Gasteiger partial charge in [0.05, 0.1) is 11.7 Å². The molecule has 1 amide bonds. The third-order valence-electron chi connectivity index (χ3n) is 3.14. The molecule has 0 aromatic heterocycles. The highest BCUT2D eigenvalue weighted by Crippen LogP contribution is 2.19. The fourth-order valence-electron chi connectivity index (χ4n) is 1.96. The summed E-state index contributed by atoms with van der Waals surface area (Å²) in [7, 11) is 0. The Morgan fingerprint density at radius 1 is 1.22 bits per heavy atom. The molecule has 2 aromatic carbocycles. The summed E-state index contributed by atoms with van der Waals surface area (Å²) in [4.78, 5) is 22.8. The van der Waals surface area contributed by atoms with Crippen LogP contribution in [0.1, 0.15) is 21.5 Å². The van der Waals surface area contributed by atoms with Crippen LogP contribution in [0.25, 0.3) is 0 Å². The van der Waals surface area contributed by atoms with Crippen LogP contribution in [-0.4, -0.2) is 17.6 Å². The van der Waals surface area contributed by atoms with Crippen molar-refractivity contribution in [2.45, 2.75) is 12.7 Å². The summed E-state index contributed by atoms with van der Waals surface area (Å²) < 4.78 is 0. The van der Waals surface area contributed by atoms with Crippen molar-refractivity contribution >= 4 is 40.9 Å². The van der Waals surface area contributed by atoms with Crippen LogP contribution in [0.15, 0.2) is 42.5 Å². The van der Waals surface area contributed by atoms with Crippen LogP contribution in [0.2, 0.25) is 5.02 Å². The standard InChI is InChI=1S/C17H16ClNO3S/c1-11-5-6-13(17(21)22)8-15(11)19-16(20)10-23-9-12-3-2-4-14(18)7-12/h2-8H,9-10H2,1H3,(H,19,20)(H,21,22)/p-1. The number of amides is 1. The average Bonchev–Trinajstić information content (AvgIpc) is 2.49. The molecule has 0 saturated heterocycles. The number of carboxylic acid groups (broad SMARTS) is 1. The molecule has 4 nitrogen and oxygen atoms in total. The van der Waals surface area contributed by atoms with E-state index in [1.165, 1.54) is 23.9 Å². The van der Waals surface area contributed by atoms with Crippen molar-refractivity contribution in [2.24, 2.45) is 0 Å². The Balaban J connectivity index is 1.90. The van der Waals surface area contributed by atoms with Crippen LogP contribution >= 0.6 is 23.4 Å². The van der Waals surface area contributed by atoms with Gasteiger partial charge in [0.25, 0.3) is 0 Å². The number of carbonyl (C=O) groups is 2. The number of anilines is 1. The lowest BCUT2D eigenvalue weighted by atomic mass is 10.1. The highest BCUT2D eigenvalue weighted by molar-refractivity contribution is 7.99. The van der Waals surface area contributed by atoms with Crippen LogP contribution < -0.4 is 10.4 Å². The second kappa shape index (κ2) is 8.04. The Hall–Kier alpha value is -1.98. The molecule has 0 saturated carbocycles. The van der Waals surface area contributed by atoms with Gasteiger partial charge in [-0.05, 0) is 41.8 Å². The Bertz CT molecular complexity index is 734. The van der Waals surface area contributed by atoms with Crippen molar-refractivity contribution in [3.8, 4) is 0 Å². The van der Waals surface area contributed by atoms with Gasteiger partial charge in [-0.2, -0.15) is 0 Å². The molecule has 0 aliphatic heterocycles. The van der Waals surface area contributed by atoms with Gasteiger partial charge >= 0.3 is 0 Å². The summed E-state index contributed by atoms with van der Waals surface area (Å²) >= 11 is 7.37. The third-order valence-corrected chi connectivity index (χ3v) is 4.38. The van der Waals surface area contributed by atoms with Crippen LogP contribution in [0, 0.1) is 6.92 Å². The number of aryl methyl sites for hydroxylation is 1. The van der Waals surface area contributed by atoms with Crippen molar-refractivity contribution in [2.75, 3.05) is 11.1 Å². The first-order valence-electron chi connectivity index (χ1n) is 6.90. The van der Waals surface area contributed by atoms with E-state index < -0.39 is 5.97 Å². The van der Waals surface area contributed by atoms with Crippen molar-refractivity contribution in [3.63, 3.8) is 0 Å². The number of benzene rings is 2. The minimum Gasteiger partial charge on any atom is -0.545 e. The molecule has 0 fully saturated rings. The lowest BCUT2D eigenvalue weighted by Crippen LogP contribution is -2.23. The molecule has 0 aliphatic carbocycles. The lowest BCUT2D eigenvalue weighted by molar-refractivity contribution is -0.255. The molecule has 120 valence electrons. The van der Waals surface area contributed by atoms with Crippen LogP contribution in [-0.2, 0) is 10.5 Å². The number of nitrogens with one attached hydrogen (secondary N) is 1. The number of carbonyl (C=O) groups excluding carboxylic acids is 2. The van der Waals surface area contributed by atoms with Gasteiger partial charge in [0.2, 0.25) is 5.91 Å². The second-order valence-electron chi connectivity index (χ2n) is 4.99. The first-order chi connectivity index (χ1) is 11.0. The summed E-state index contributed by atoms with van der Waals surface area (Å²) in [5.41, 5.74) is 2.37. The zero-order valence-electron chi connectivity index (χ0n) is 12.5. The summed E-state index contributed by atoms with van der Waals surface area (Å²) in [5.74, 6) is -0.514. The molecule has 6 heteroatoms. The van der Waals surface area contributed by atoms with E-state index >= 15 is 0 Å². The number of carboxylic acids is 1. The Kier molecular flexibility index (Phi) is 6.07. The minimum absolute atomic E-state index is 0.0393. The van der Waals surface area contributed by atoms with Gasteiger partial charge in [-0.3, -0.25) is 4.79 Å². The third kappa shape index (κ3) is 5.30. The number of rotatable bonds is 6. The van der Waals surface area contributed by atoms with E-state index in [4.69, 9.17) is 11.6 Å². The van der Waals surface area contributed by atoms with Gasteiger partial charge in [0.15, 0.2) is 0 Å². The molecule has 23 heavy (non-hydrogen) atoms. The molecular formula is C17H15ClNO3S-. The van der Waals surface area contributed by atoms with Gasteiger partial charge in [0.1, 0.15) is 0 Å². The minimum atomic E-state index is -1.27. The Labute approximate surface area is 143 Å². The van der Waals surface area contributed by atoms with Crippen molar-refractivity contribution in [1.82, 2.24) is 0 Å². The maximum Gasteiger partial charge on any atom is 0.234 e. The first-order valence-corrected chi connectivity index (χ1v) is 8.43. The smallest absolute Gasteiger partial charge is 0.234 e. The predicted octanol–water partition coefficient (Wildman–Crippen LogP) is 2.88. The van der Waals surface area contributed by atoms with E-state index in [0.717, 1.165) is 11.1 Å². The number of halogens is 1. The maximum atomic E-state index is 12.0. The van der Waals surface area contributed by atoms with Crippen LogP contribution in [0.3, 0.4) is 0 Å². The first kappa shape index (κ1) is 17.4.